The monoisotopic (exact) mass is 325 g/mol. The summed E-state index contributed by atoms with van der Waals surface area (Å²) in [5.74, 6) is -1.73. The molecule has 12 nitrogen and oxygen atoms in total. The van der Waals surface area contributed by atoms with Crippen LogP contribution in [0.2, 0.25) is 0 Å². The number of carboxylic acid groups (broad SMARTS) is 1. The normalized spacial score (nSPS) is 14.8. The molecule has 0 radical (unpaired) electrons. The predicted octanol–water partition coefficient (Wildman–Crippen LogP) is -3.57. The Morgan fingerprint density at radius 1 is 1.33 bits per heavy atom. The Morgan fingerprint density at radius 3 is 2.52 bits per heavy atom. The van der Waals surface area contributed by atoms with E-state index in [9.17, 15) is 13.2 Å². The molecule has 7 N–H and O–H groups in total. The number of nitrogens with two attached hydrogens (primary N) is 1. The van der Waals surface area contributed by atoms with Gasteiger partial charge in [0.1, 0.15) is 12.1 Å². The zero-order chi connectivity index (χ0) is 16.0. The lowest BCUT2D eigenvalue weighted by Gasteiger charge is -2.11. The van der Waals surface area contributed by atoms with Gasteiger partial charge in [0.2, 0.25) is 11.8 Å². The number of nitrogens with zero attached hydrogens (tertiary/aromatic N) is 2. The molecule has 1 aromatic rings. The molecule has 1 heterocycles. The summed E-state index contributed by atoms with van der Waals surface area (Å²) in [7, 11) is -4.20. The molecule has 1 aromatic heterocycles. The molecule has 120 valence electrons. The summed E-state index contributed by atoms with van der Waals surface area (Å²) in [4.78, 5) is 10.6. The minimum absolute atomic E-state index is 0.0709. The molecule has 2 unspecified atom stereocenters. The lowest BCUT2D eigenvalue weighted by Crippen LogP contribution is -2.48. The highest BCUT2D eigenvalue weighted by atomic mass is 32.2. The first-order valence-electron chi connectivity index (χ1n) is 5.58. The molecule has 0 aromatic carbocycles. The Balaban J connectivity index is 2.61. The summed E-state index contributed by atoms with van der Waals surface area (Å²) in [5.41, 5.74) is 5.42. The Kier molecular flexibility index (Phi) is 6.13. The van der Waals surface area contributed by atoms with Crippen LogP contribution in [0.25, 0.3) is 0 Å². The van der Waals surface area contributed by atoms with E-state index >= 15 is 0 Å². The predicted molar refractivity (Wildman–Crippen MR) is 65.7 cm³/mol. The SMILES string of the molecule is NC(CO)c1nnc(CNS(=O)(=O)NC(CO)C(=O)O)o1. The largest absolute Gasteiger partial charge is 0.480 e. The van der Waals surface area contributed by atoms with Crippen molar-refractivity contribution >= 4 is 16.2 Å². The summed E-state index contributed by atoms with van der Waals surface area (Å²) in [6.45, 7) is -1.75. The van der Waals surface area contributed by atoms with Crippen molar-refractivity contribution in [2.45, 2.75) is 18.6 Å². The molecular weight excluding hydrogens is 310 g/mol. The fourth-order valence-electron chi connectivity index (χ4n) is 1.12. The van der Waals surface area contributed by atoms with Crippen molar-refractivity contribution in [1.29, 1.82) is 0 Å². The van der Waals surface area contributed by atoms with E-state index in [2.05, 4.69) is 10.2 Å². The Hall–Kier alpha value is -1.64. The van der Waals surface area contributed by atoms with E-state index < -0.39 is 48.0 Å². The number of aliphatic carboxylic acids is 1. The summed E-state index contributed by atoms with van der Waals surface area (Å²) >= 11 is 0. The first-order chi connectivity index (χ1) is 9.79. The summed E-state index contributed by atoms with van der Waals surface area (Å²) in [6, 6.07) is -2.56. The number of nitrogens with one attached hydrogen (secondary N) is 2. The highest BCUT2D eigenvalue weighted by Gasteiger charge is 2.23. The van der Waals surface area contributed by atoms with Crippen LogP contribution in [-0.4, -0.2) is 59.2 Å². The number of carboxylic acids is 1. The third-order valence-corrected chi connectivity index (χ3v) is 3.31. The number of hydrogen-bond acceptors (Lipinski definition) is 9. The molecule has 21 heavy (non-hydrogen) atoms. The fraction of sp³-hybridized carbons (Fsp3) is 0.625. The van der Waals surface area contributed by atoms with Gasteiger partial charge in [-0.2, -0.15) is 17.9 Å². The van der Waals surface area contributed by atoms with Gasteiger partial charge in [-0.3, -0.25) is 4.79 Å². The van der Waals surface area contributed by atoms with Crippen molar-refractivity contribution in [2.75, 3.05) is 13.2 Å². The molecule has 0 saturated heterocycles. The van der Waals surface area contributed by atoms with Gasteiger partial charge in [0.25, 0.3) is 10.2 Å². The van der Waals surface area contributed by atoms with Gasteiger partial charge >= 0.3 is 5.97 Å². The second-order valence-electron chi connectivity index (χ2n) is 3.84. The zero-order valence-electron chi connectivity index (χ0n) is 10.6. The average Bonchev–Trinajstić information content (AvgIpc) is 2.90. The fourth-order valence-corrected chi connectivity index (χ4v) is 2.06. The van der Waals surface area contributed by atoms with E-state index in [1.54, 1.807) is 4.72 Å². The number of carbonyl (C=O) groups is 1. The maximum Gasteiger partial charge on any atom is 0.324 e. The van der Waals surface area contributed by atoms with Gasteiger partial charge in [-0.05, 0) is 0 Å². The molecule has 2 atom stereocenters. The smallest absolute Gasteiger partial charge is 0.324 e. The molecule has 0 bridgehead atoms. The third kappa shape index (κ3) is 5.33. The van der Waals surface area contributed by atoms with Gasteiger partial charge in [0, 0.05) is 0 Å². The van der Waals surface area contributed by atoms with Crippen LogP contribution in [0.5, 0.6) is 0 Å². The van der Waals surface area contributed by atoms with Crippen molar-refractivity contribution in [3.63, 3.8) is 0 Å². The van der Waals surface area contributed by atoms with Crippen LogP contribution in [-0.2, 0) is 21.5 Å². The van der Waals surface area contributed by atoms with Crippen LogP contribution in [0.4, 0.5) is 0 Å². The van der Waals surface area contributed by atoms with Gasteiger partial charge in [0.05, 0.1) is 19.8 Å². The quantitative estimate of drug-likeness (QED) is 0.263. The molecular formula is C8H15N5O7S. The molecule has 1 rings (SSSR count). The second-order valence-corrected chi connectivity index (χ2v) is 5.37. The van der Waals surface area contributed by atoms with E-state index in [4.69, 9.17) is 25.5 Å². The summed E-state index contributed by atoms with van der Waals surface area (Å²) in [6.07, 6.45) is 0. The number of aliphatic hydroxyl groups excluding tert-OH is 2. The Bertz CT molecular complexity index is 573. The Morgan fingerprint density at radius 2 is 2.00 bits per heavy atom. The van der Waals surface area contributed by atoms with E-state index in [-0.39, 0.29) is 11.8 Å². The van der Waals surface area contributed by atoms with Crippen LogP contribution in [0.3, 0.4) is 0 Å². The maximum absolute atomic E-state index is 11.5. The zero-order valence-corrected chi connectivity index (χ0v) is 11.4. The second kappa shape index (κ2) is 7.39. The minimum Gasteiger partial charge on any atom is -0.480 e. The average molecular weight is 325 g/mol. The first-order valence-corrected chi connectivity index (χ1v) is 7.06. The highest BCUT2D eigenvalue weighted by molar-refractivity contribution is 7.87. The van der Waals surface area contributed by atoms with Crippen molar-refractivity contribution in [3.8, 4) is 0 Å². The first kappa shape index (κ1) is 17.4. The lowest BCUT2D eigenvalue weighted by molar-refractivity contribution is -0.139. The van der Waals surface area contributed by atoms with Crippen LogP contribution in [0, 0.1) is 0 Å². The van der Waals surface area contributed by atoms with Crippen molar-refractivity contribution < 1.29 is 32.9 Å². The lowest BCUT2D eigenvalue weighted by atomic mass is 10.3. The Labute approximate surface area is 119 Å². The van der Waals surface area contributed by atoms with Gasteiger partial charge in [-0.25, -0.2) is 0 Å². The molecule has 0 saturated carbocycles. The molecule has 0 spiro atoms. The molecule has 13 heteroatoms. The number of hydrogen-bond donors (Lipinski definition) is 6. The maximum atomic E-state index is 11.5. The number of aromatic nitrogens is 2. The molecule has 0 fully saturated rings. The van der Waals surface area contributed by atoms with Crippen LogP contribution in [0.15, 0.2) is 4.42 Å². The molecule has 0 amide bonds. The van der Waals surface area contributed by atoms with Gasteiger partial charge in [0.15, 0.2) is 0 Å². The number of rotatable bonds is 9. The summed E-state index contributed by atoms with van der Waals surface area (Å²) < 4.78 is 31.7. The topological polar surface area (TPSA) is 201 Å². The summed E-state index contributed by atoms with van der Waals surface area (Å²) in [5, 5.41) is 33.1. The number of aliphatic hydroxyl groups is 2. The third-order valence-electron chi connectivity index (χ3n) is 2.19. The van der Waals surface area contributed by atoms with Crippen LogP contribution in [0.1, 0.15) is 17.8 Å². The van der Waals surface area contributed by atoms with Crippen LogP contribution < -0.4 is 15.2 Å². The molecule has 0 aliphatic rings. The van der Waals surface area contributed by atoms with Gasteiger partial charge < -0.3 is 25.5 Å². The van der Waals surface area contributed by atoms with Crippen LogP contribution >= 0.6 is 0 Å². The van der Waals surface area contributed by atoms with Gasteiger partial charge in [-0.1, -0.05) is 0 Å². The van der Waals surface area contributed by atoms with E-state index in [1.165, 1.54) is 0 Å². The van der Waals surface area contributed by atoms with Gasteiger partial charge in [-0.15, -0.1) is 10.2 Å². The van der Waals surface area contributed by atoms with Crippen molar-refractivity contribution in [1.82, 2.24) is 19.6 Å². The standard InChI is InChI=1S/C8H15N5O7S/c9-4(2-14)7-12-11-6(20-7)1-10-21(18,19)13-5(3-15)8(16)17/h4-5,10,13-15H,1-3,9H2,(H,16,17). The molecule has 0 aliphatic carbocycles. The van der Waals surface area contributed by atoms with Crippen molar-refractivity contribution in [2.24, 2.45) is 5.73 Å². The minimum atomic E-state index is -4.20. The molecule has 0 aliphatic heterocycles. The van der Waals surface area contributed by atoms with E-state index in [0.717, 1.165) is 0 Å². The van der Waals surface area contributed by atoms with E-state index in [0.29, 0.717) is 0 Å². The van der Waals surface area contributed by atoms with Crippen molar-refractivity contribution in [3.05, 3.63) is 11.8 Å². The highest BCUT2D eigenvalue weighted by Crippen LogP contribution is 2.07. The van der Waals surface area contributed by atoms with E-state index in [1.807, 2.05) is 4.72 Å².